The van der Waals surface area contributed by atoms with E-state index in [9.17, 15) is 4.79 Å². The summed E-state index contributed by atoms with van der Waals surface area (Å²) >= 11 is 7.42. The summed E-state index contributed by atoms with van der Waals surface area (Å²) in [5.74, 6) is -0.247. The highest BCUT2D eigenvalue weighted by Gasteiger charge is 2.23. The lowest BCUT2D eigenvalue weighted by Crippen LogP contribution is -2.41. The van der Waals surface area contributed by atoms with Gasteiger partial charge in [0.2, 0.25) is 5.91 Å². The largest absolute Gasteiger partial charge is 0.324 e. The summed E-state index contributed by atoms with van der Waals surface area (Å²) < 4.78 is 0. The summed E-state index contributed by atoms with van der Waals surface area (Å²) in [4.78, 5) is 16.3. The number of hydrogen-bond donors (Lipinski definition) is 2. The Labute approximate surface area is 137 Å². The first-order chi connectivity index (χ1) is 10.4. The van der Waals surface area contributed by atoms with Crippen molar-refractivity contribution >= 4 is 34.5 Å². The standard InChI is InChI=1S/C15H15ClN4OS/c1-15(2,14-18-5-6-22-14)19-9-13(21)20-12-7-11(16)4-3-10(12)8-17/h3-7,19H,9H2,1-2H3,(H,20,21). The summed E-state index contributed by atoms with van der Waals surface area (Å²) in [5.41, 5.74) is 0.378. The lowest BCUT2D eigenvalue weighted by atomic mass is 10.1. The second kappa shape index (κ2) is 6.88. The number of carbonyl (C=O) groups is 1. The van der Waals surface area contributed by atoms with Crippen molar-refractivity contribution < 1.29 is 4.79 Å². The normalized spacial score (nSPS) is 11.0. The molecule has 0 fully saturated rings. The first-order valence-corrected chi connectivity index (χ1v) is 7.82. The fourth-order valence-corrected chi connectivity index (χ4v) is 2.73. The number of hydrogen-bond acceptors (Lipinski definition) is 5. The SMILES string of the molecule is CC(C)(NCC(=O)Nc1cc(Cl)ccc1C#N)c1nccs1. The molecule has 0 unspecified atom stereocenters. The molecule has 0 aliphatic heterocycles. The first kappa shape index (κ1) is 16.4. The van der Waals surface area contributed by atoms with Crippen LogP contribution in [-0.2, 0) is 10.3 Å². The third kappa shape index (κ3) is 4.04. The van der Waals surface area contributed by atoms with Crippen molar-refractivity contribution in [3.8, 4) is 6.07 Å². The molecule has 2 N–H and O–H groups in total. The van der Waals surface area contributed by atoms with Gasteiger partial charge in [-0.2, -0.15) is 5.26 Å². The van der Waals surface area contributed by atoms with E-state index in [1.807, 2.05) is 25.3 Å². The number of benzene rings is 1. The van der Waals surface area contributed by atoms with Crippen LogP contribution in [0.3, 0.4) is 0 Å². The van der Waals surface area contributed by atoms with E-state index in [2.05, 4.69) is 15.6 Å². The third-order valence-electron chi connectivity index (χ3n) is 3.03. The Balaban J connectivity index is 2.00. The van der Waals surface area contributed by atoms with Crippen molar-refractivity contribution in [3.05, 3.63) is 45.4 Å². The fourth-order valence-electron chi connectivity index (χ4n) is 1.82. The number of carbonyl (C=O) groups excluding carboxylic acids is 1. The molecule has 0 saturated heterocycles. The Morgan fingerprint density at radius 2 is 2.27 bits per heavy atom. The topological polar surface area (TPSA) is 77.8 Å². The Morgan fingerprint density at radius 3 is 2.91 bits per heavy atom. The van der Waals surface area contributed by atoms with E-state index in [0.29, 0.717) is 16.3 Å². The van der Waals surface area contributed by atoms with Gasteiger partial charge < -0.3 is 5.32 Å². The van der Waals surface area contributed by atoms with E-state index < -0.39 is 5.54 Å². The molecule has 7 heteroatoms. The van der Waals surface area contributed by atoms with E-state index in [1.165, 1.54) is 11.3 Å². The molecule has 1 aromatic heterocycles. The van der Waals surface area contributed by atoms with Gasteiger partial charge in [0.1, 0.15) is 11.1 Å². The maximum Gasteiger partial charge on any atom is 0.238 e. The molecule has 2 aromatic rings. The number of anilines is 1. The number of amides is 1. The molecule has 0 aliphatic rings. The van der Waals surface area contributed by atoms with Crippen molar-refractivity contribution in [2.45, 2.75) is 19.4 Å². The van der Waals surface area contributed by atoms with Crippen LogP contribution in [0.4, 0.5) is 5.69 Å². The average molecular weight is 335 g/mol. The first-order valence-electron chi connectivity index (χ1n) is 6.57. The zero-order valence-electron chi connectivity index (χ0n) is 12.2. The molecule has 22 heavy (non-hydrogen) atoms. The molecule has 1 aromatic carbocycles. The van der Waals surface area contributed by atoms with Crippen LogP contribution >= 0.6 is 22.9 Å². The molecule has 5 nitrogen and oxygen atoms in total. The highest BCUT2D eigenvalue weighted by Crippen LogP contribution is 2.22. The van der Waals surface area contributed by atoms with Gasteiger partial charge in [-0.1, -0.05) is 11.6 Å². The minimum atomic E-state index is -0.405. The Kier molecular flexibility index (Phi) is 5.14. The van der Waals surface area contributed by atoms with Crippen LogP contribution in [0.2, 0.25) is 5.02 Å². The molecule has 0 spiro atoms. The second-order valence-corrected chi connectivity index (χ2v) is 6.50. The molecular formula is C15H15ClN4OS. The molecule has 0 radical (unpaired) electrons. The van der Waals surface area contributed by atoms with Crippen LogP contribution in [0, 0.1) is 11.3 Å². The van der Waals surface area contributed by atoms with Gasteiger partial charge in [0.05, 0.1) is 23.3 Å². The van der Waals surface area contributed by atoms with Crippen molar-refractivity contribution in [3.63, 3.8) is 0 Å². The van der Waals surface area contributed by atoms with E-state index in [4.69, 9.17) is 16.9 Å². The summed E-state index contributed by atoms with van der Waals surface area (Å²) in [5, 5.41) is 18.1. The van der Waals surface area contributed by atoms with Gasteiger partial charge in [-0.25, -0.2) is 4.98 Å². The molecule has 1 heterocycles. The third-order valence-corrected chi connectivity index (χ3v) is 4.37. The van der Waals surface area contributed by atoms with Crippen LogP contribution in [-0.4, -0.2) is 17.4 Å². The molecule has 0 aliphatic carbocycles. The van der Waals surface area contributed by atoms with Crippen LogP contribution in [0.1, 0.15) is 24.4 Å². The predicted octanol–water partition coefficient (Wildman–Crippen LogP) is 3.13. The number of nitrogens with zero attached hydrogens (tertiary/aromatic N) is 2. The highest BCUT2D eigenvalue weighted by atomic mass is 35.5. The average Bonchev–Trinajstić information content (AvgIpc) is 3.01. The van der Waals surface area contributed by atoms with Crippen LogP contribution in [0.5, 0.6) is 0 Å². The summed E-state index contributed by atoms with van der Waals surface area (Å²) in [6.45, 7) is 4.02. The fraction of sp³-hybridized carbons (Fsp3) is 0.267. The van der Waals surface area contributed by atoms with Gasteiger partial charge in [0.15, 0.2) is 0 Å². The lowest BCUT2D eigenvalue weighted by molar-refractivity contribution is -0.115. The van der Waals surface area contributed by atoms with Gasteiger partial charge in [-0.15, -0.1) is 11.3 Å². The van der Waals surface area contributed by atoms with Crippen molar-refractivity contribution in [2.24, 2.45) is 0 Å². The zero-order chi connectivity index (χ0) is 16.2. The van der Waals surface area contributed by atoms with Gasteiger partial charge in [-0.3, -0.25) is 10.1 Å². The molecule has 0 atom stereocenters. The minimum Gasteiger partial charge on any atom is -0.324 e. The van der Waals surface area contributed by atoms with E-state index in [1.54, 1.807) is 24.4 Å². The van der Waals surface area contributed by atoms with Gasteiger partial charge in [0, 0.05) is 16.6 Å². The quantitative estimate of drug-likeness (QED) is 0.880. The van der Waals surface area contributed by atoms with E-state index >= 15 is 0 Å². The van der Waals surface area contributed by atoms with Crippen molar-refractivity contribution in [1.29, 1.82) is 5.26 Å². The van der Waals surface area contributed by atoms with Crippen molar-refractivity contribution in [1.82, 2.24) is 10.3 Å². The minimum absolute atomic E-state index is 0.101. The Morgan fingerprint density at radius 1 is 1.50 bits per heavy atom. The maximum absolute atomic E-state index is 12.1. The van der Waals surface area contributed by atoms with Crippen LogP contribution < -0.4 is 10.6 Å². The lowest BCUT2D eigenvalue weighted by Gasteiger charge is -2.23. The molecule has 0 saturated carbocycles. The van der Waals surface area contributed by atoms with Gasteiger partial charge >= 0.3 is 0 Å². The maximum atomic E-state index is 12.1. The molecule has 114 valence electrons. The Bertz CT molecular complexity index is 707. The number of thiazole rings is 1. The summed E-state index contributed by atoms with van der Waals surface area (Å²) in [6.07, 6.45) is 1.73. The van der Waals surface area contributed by atoms with Gasteiger partial charge in [0.25, 0.3) is 0 Å². The smallest absolute Gasteiger partial charge is 0.238 e. The van der Waals surface area contributed by atoms with Crippen LogP contribution in [0.25, 0.3) is 0 Å². The zero-order valence-corrected chi connectivity index (χ0v) is 13.8. The van der Waals surface area contributed by atoms with Crippen molar-refractivity contribution in [2.75, 3.05) is 11.9 Å². The van der Waals surface area contributed by atoms with E-state index in [-0.39, 0.29) is 12.5 Å². The Hall–Kier alpha value is -1.94. The second-order valence-electron chi connectivity index (χ2n) is 5.17. The molecule has 1 amide bonds. The number of nitriles is 1. The number of nitrogens with one attached hydrogen (secondary N) is 2. The summed E-state index contributed by atoms with van der Waals surface area (Å²) in [7, 11) is 0. The molecule has 0 bridgehead atoms. The molecular weight excluding hydrogens is 320 g/mol. The number of rotatable bonds is 5. The number of aromatic nitrogens is 1. The van der Waals surface area contributed by atoms with Gasteiger partial charge in [-0.05, 0) is 32.0 Å². The monoisotopic (exact) mass is 334 g/mol. The summed E-state index contributed by atoms with van der Waals surface area (Å²) in [6, 6.07) is 6.77. The highest BCUT2D eigenvalue weighted by molar-refractivity contribution is 7.09. The molecule has 2 rings (SSSR count). The predicted molar refractivity (Wildman–Crippen MR) is 87.9 cm³/mol. The number of halogens is 1. The van der Waals surface area contributed by atoms with Crippen LogP contribution in [0.15, 0.2) is 29.8 Å². The van der Waals surface area contributed by atoms with E-state index in [0.717, 1.165) is 5.01 Å².